The minimum atomic E-state index is -0.175. The van der Waals surface area contributed by atoms with E-state index in [0.29, 0.717) is 0 Å². The first-order chi connectivity index (χ1) is 9.02. The fourth-order valence-corrected chi connectivity index (χ4v) is 2.33. The highest BCUT2D eigenvalue weighted by molar-refractivity contribution is 5.45. The van der Waals surface area contributed by atoms with E-state index in [1.165, 1.54) is 25.0 Å². The average Bonchev–Trinajstić information content (AvgIpc) is 3.21. The van der Waals surface area contributed by atoms with Crippen LogP contribution in [-0.4, -0.2) is 26.2 Å². The molecule has 0 saturated heterocycles. The fourth-order valence-electron chi connectivity index (χ4n) is 2.33. The maximum Gasteiger partial charge on any atom is 0.123 e. The maximum absolute atomic E-state index is 12.9. The van der Waals surface area contributed by atoms with Crippen molar-refractivity contribution >= 4 is 5.69 Å². The Morgan fingerprint density at radius 2 is 1.95 bits per heavy atom. The van der Waals surface area contributed by atoms with Crippen molar-refractivity contribution in [2.24, 2.45) is 5.41 Å². The fraction of sp³-hybridized carbons (Fsp3) is 0.625. The molecule has 1 unspecified atom stereocenters. The summed E-state index contributed by atoms with van der Waals surface area (Å²) in [4.78, 5) is 2.22. The summed E-state index contributed by atoms with van der Waals surface area (Å²) in [5.41, 5.74) is 1.33. The molecule has 0 spiro atoms. The van der Waals surface area contributed by atoms with Gasteiger partial charge in [0.05, 0.1) is 0 Å². The molecule has 1 aliphatic rings. The molecule has 2 nitrogen and oxygen atoms in total. The Morgan fingerprint density at radius 1 is 1.32 bits per heavy atom. The van der Waals surface area contributed by atoms with Crippen LogP contribution in [0.1, 0.15) is 33.1 Å². The molecule has 3 heteroatoms. The van der Waals surface area contributed by atoms with Gasteiger partial charge in [-0.05, 0) is 48.9 Å². The summed E-state index contributed by atoms with van der Waals surface area (Å²) in [7, 11) is 2.08. The minimum Gasteiger partial charge on any atom is -0.374 e. The molecule has 0 radical (unpaired) electrons. The Bertz CT molecular complexity index is 400. The van der Waals surface area contributed by atoms with Crippen molar-refractivity contribution in [3.63, 3.8) is 0 Å². The zero-order chi connectivity index (χ0) is 13.9. The van der Waals surface area contributed by atoms with Gasteiger partial charge in [0.2, 0.25) is 0 Å². The third kappa shape index (κ3) is 4.20. The number of hydrogen-bond acceptors (Lipinski definition) is 2. The van der Waals surface area contributed by atoms with Crippen LogP contribution in [0.25, 0.3) is 0 Å². The topological polar surface area (TPSA) is 15.3 Å². The summed E-state index contributed by atoms with van der Waals surface area (Å²) in [5.74, 6) is -0.175. The number of nitrogens with zero attached hydrogens (tertiary/aromatic N) is 1. The van der Waals surface area contributed by atoms with Crippen molar-refractivity contribution < 1.29 is 4.39 Å². The molecule has 1 aromatic carbocycles. The number of rotatable bonds is 7. The summed E-state index contributed by atoms with van der Waals surface area (Å²) in [5, 5.41) is 3.63. The summed E-state index contributed by atoms with van der Waals surface area (Å²) in [6.45, 7) is 6.60. The molecule has 0 aromatic heterocycles. The zero-order valence-electron chi connectivity index (χ0n) is 12.2. The van der Waals surface area contributed by atoms with E-state index in [4.69, 9.17) is 0 Å². The van der Waals surface area contributed by atoms with Gasteiger partial charge in [-0.1, -0.05) is 13.8 Å². The Balaban J connectivity index is 1.93. The summed E-state index contributed by atoms with van der Waals surface area (Å²) >= 11 is 0. The van der Waals surface area contributed by atoms with Crippen LogP contribution in [0, 0.1) is 11.2 Å². The third-order valence-electron chi connectivity index (χ3n) is 4.13. The average molecular weight is 264 g/mol. The van der Waals surface area contributed by atoms with E-state index < -0.39 is 0 Å². The van der Waals surface area contributed by atoms with Gasteiger partial charge in [0, 0.05) is 31.9 Å². The first-order valence-corrected chi connectivity index (χ1v) is 7.22. The molecule has 2 rings (SSSR count). The van der Waals surface area contributed by atoms with Crippen LogP contribution >= 0.6 is 0 Å². The van der Waals surface area contributed by atoms with Gasteiger partial charge in [-0.2, -0.15) is 0 Å². The SMILES string of the molecule is CCC(C)(CNC1CC1)CN(C)c1ccc(F)cc1. The number of benzene rings is 1. The molecule has 0 aliphatic heterocycles. The monoisotopic (exact) mass is 264 g/mol. The lowest BCUT2D eigenvalue weighted by Gasteiger charge is -2.34. The van der Waals surface area contributed by atoms with Crippen LogP contribution in [-0.2, 0) is 0 Å². The Morgan fingerprint density at radius 3 is 2.47 bits per heavy atom. The maximum atomic E-state index is 12.9. The highest BCUT2D eigenvalue weighted by Gasteiger charge is 2.28. The first kappa shape index (κ1) is 14.3. The molecule has 1 atom stereocenters. The van der Waals surface area contributed by atoms with Crippen LogP contribution in [0.15, 0.2) is 24.3 Å². The molecule has 1 aliphatic carbocycles. The van der Waals surface area contributed by atoms with Crippen LogP contribution < -0.4 is 10.2 Å². The first-order valence-electron chi connectivity index (χ1n) is 7.22. The van der Waals surface area contributed by atoms with Crippen molar-refractivity contribution in [3.05, 3.63) is 30.1 Å². The van der Waals surface area contributed by atoms with E-state index in [2.05, 4.69) is 31.1 Å². The smallest absolute Gasteiger partial charge is 0.123 e. The zero-order valence-corrected chi connectivity index (χ0v) is 12.2. The van der Waals surface area contributed by atoms with E-state index in [9.17, 15) is 4.39 Å². The van der Waals surface area contributed by atoms with Crippen molar-refractivity contribution in [1.82, 2.24) is 5.32 Å². The number of nitrogens with one attached hydrogen (secondary N) is 1. The van der Waals surface area contributed by atoms with Crippen molar-refractivity contribution in [1.29, 1.82) is 0 Å². The Labute approximate surface area is 116 Å². The summed E-state index contributed by atoms with van der Waals surface area (Å²) in [6, 6.07) is 7.50. The number of hydrogen-bond donors (Lipinski definition) is 1. The number of halogens is 1. The predicted octanol–water partition coefficient (Wildman–Crippen LogP) is 3.43. The predicted molar refractivity (Wildman–Crippen MR) is 79.1 cm³/mol. The van der Waals surface area contributed by atoms with Gasteiger partial charge in [0.1, 0.15) is 5.82 Å². The standard InChI is InChI=1S/C16H25FN2/c1-4-16(2,11-18-14-7-8-14)12-19(3)15-9-5-13(17)6-10-15/h5-6,9-10,14,18H,4,7-8,11-12H2,1-3H3. The molecule has 1 aromatic rings. The molecule has 0 bridgehead atoms. The second-order valence-electron chi connectivity index (χ2n) is 6.15. The summed E-state index contributed by atoms with van der Waals surface area (Å²) < 4.78 is 12.9. The van der Waals surface area contributed by atoms with E-state index in [1.54, 1.807) is 0 Å². The van der Waals surface area contributed by atoms with Gasteiger partial charge in [-0.15, -0.1) is 0 Å². The van der Waals surface area contributed by atoms with Crippen LogP contribution in [0.4, 0.5) is 10.1 Å². The van der Waals surface area contributed by atoms with Crippen molar-refractivity contribution in [2.45, 2.75) is 39.2 Å². The molecule has 0 heterocycles. The van der Waals surface area contributed by atoms with Gasteiger partial charge >= 0.3 is 0 Å². The lowest BCUT2D eigenvalue weighted by atomic mass is 9.86. The molecule has 1 fully saturated rings. The van der Waals surface area contributed by atoms with Crippen molar-refractivity contribution in [3.8, 4) is 0 Å². The molecule has 1 saturated carbocycles. The molecule has 19 heavy (non-hydrogen) atoms. The highest BCUT2D eigenvalue weighted by Crippen LogP contribution is 2.27. The molecular weight excluding hydrogens is 239 g/mol. The molecule has 106 valence electrons. The van der Waals surface area contributed by atoms with Crippen LogP contribution in [0.3, 0.4) is 0 Å². The van der Waals surface area contributed by atoms with Crippen molar-refractivity contribution in [2.75, 3.05) is 25.0 Å². The second-order valence-corrected chi connectivity index (χ2v) is 6.15. The quantitative estimate of drug-likeness (QED) is 0.811. The Kier molecular flexibility index (Phi) is 4.46. The van der Waals surface area contributed by atoms with Gasteiger partial charge in [0.15, 0.2) is 0 Å². The van der Waals surface area contributed by atoms with Gasteiger partial charge in [-0.3, -0.25) is 0 Å². The largest absolute Gasteiger partial charge is 0.374 e. The Hall–Kier alpha value is -1.09. The minimum absolute atomic E-state index is 0.175. The van der Waals surface area contributed by atoms with Gasteiger partial charge < -0.3 is 10.2 Å². The second kappa shape index (κ2) is 5.91. The van der Waals surface area contributed by atoms with E-state index >= 15 is 0 Å². The lowest BCUT2D eigenvalue weighted by molar-refractivity contribution is 0.298. The summed E-state index contributed by atoms with van der Waals surface area (Å²) in [6.07, 6.45) is 3.79. The normalized spacial score (nSPS) is 18.1. The van der Waals surface area contributed by atoms with Crippen LogP contribution in [0.2, 0.25) is 0 Å². The lowest BCUT2D eigenvalue weighted by Crippen LogP contribution is -2.41. The van der Waals surface area contributed by atoms with Crippen LogP contribution in [0.5, 0.6) is 0 Å². The third-order valence-corrected chi connectivity index (χ3v) is 4.13. The molecule has 1 N–H and O–H groups in total. The number of anilines is 1. The highest BCUT2D eigenvalue weighted by atomic mass is 19.1. The van der Waals surface area contributed by atoms with E-state index in [-0.39, 0.29) is 11.2 Å². The molecule has 0 amide bonds. The van der Waals surface area contributed by atoms with Gasteiger partial charge in [0.25, 0.3) is 0 Å². The van der Waals surface area contributed by atoms with E-state index in [1.807, 2.05) is 12.1 Å². The van der Waals surface area contributed by atoms with Gasteiger partial charge in [-0.25, -0.2) is 4.39 Å². The molecular formula is C16H25FN2. The van der Waals surface area contributed by atoms with E-state index in [0.717, 1.165) is 31.2 Å².